The van der Waals surface area contributed by atoms with Crippen LogP contribution < -0.4 is 14.8 Å². The summed E-state index contributed by atoms with van der Waals surface area (Å²) in [6.07, 6.45) is 5.75. The zero-order valence-corrected chi connectivity index (χ0v) is 18.7. The van der Waals surface area contributed by atoms with Gasteiger partial charge in [-0.15, -0.1) is 11.3 Å². The van der Waals surface area contributed by atoms with Crippen molar-refractivity contribution in [3.8, 4) is 22.8 Å². The molecule has 1 aromatic carbocycles. The third kappa shape index (κ3) is 4.72. The Bertz CT molecular complexity index is 875. The molecule has 1 aromatic heterocycles. The number of carbonyl (C=O) groups excluding carboxylic acids is 1. The van der Waals surface area contributed by atoms with Crippen LogP contribution in [0.4, 0.5) is 5.13 Å². The van der Waals surface area contributed by atoms with Gasteiger partial charge in [-0.25, -0.2) is 4.98 Å². The van der Waals surface area contributed by atoms with E-state index in [0.29, 0.717) is 24.9 Å². The highest BCUT2D eigenvalue weighted by molar-refractivity contribution is 7.16. The highest BCUT2D eigenvalue weighted by Crippen LogP contribution is 2.40. The lowest BCUT2D eigenvalue weighted by molar-refractivity contribution is -0.132. The second-order valence-corrected chi connectivity index (χ2v) is 9.14. The molecule has 7 heteroatoms. The molecule has 1 saturated heterocycles. The lowest BCUT2D eigenvalue weighted by Crippen LogP contribution is -2.39. The van der Waals surface area contributed by atoms with E-state index < -0.39 is 0 Å². The molecule has 2 aliphatic heterocycles. The number of thiazole rings is 1. The number of rotatable bonds is 7. The third-order valence-electron chi connectivity index (χ3n) is 5.98. The molecule has 6 nitrogen and oxygen atoms in total. The Balaban J connectivity index is 1.36. The maximum atomic E-state index is 12.2. The predicted molar refractivity (Wildman–Crippen MR) is 121 cm³/mol. The van der Waals surface area contributed by atoms with Crippen molar-refractivity contribution in [2.45, 2.75) is 45.4 Å². The van der Waals surface area contributed by atoms with Crippen molar-refractivity contribution in [3.05, 3.63) is 23.1 Å². The largest absolute Gasteiger partial charge is 0.497 e. The molecule has 0 aliphatic carbocycles. The number of hydrogen-bond acceptors (Lipinski definition) is 6. The summed E-state index contributed by atoms with van der Waals surface area (Å²) in [6.45, 7) is 5.47. The lowest BCUT2D eigenvalue weighted by atomic mass is 9.96. The standard InChI is InChI=1S/C23H31N3O3S/c1-3-4-5-21(27)26-11-8-16(9-12-26)15-24-23-25-22-18-14-17(28-2)6-7-19(18)29-13-10-20(22)30-23/h6-7,14,16H,3-5,8-13,15H2,1-2H3,(H,24,25). The molecular formula is C23H31N3O3S. The number of benzene rings is 1. The van der Waals surface area contributed by atoms with Crippen LogP contribution in [-0.4, -0.2) is 49.1 Å². The van der Waals surface area contributed by atoms with Crippen LogP contribution in [0.3, 0.4) is 0 Å². The van der Waals surface area contributed by atoms with Crippen LogP contribution in [0.2, 0.25) is 0 Å². The second kappa shape index (κ2) is 9.69. The van der Waals surface area contributed by atoms with Gasteiger partial charge < -0.3 is 19.7 Å². The van der Waals surface area contributed by atoms with Gasteiger partial charge in [0.25, 0.3) is 0 Å². The van der Waals surface area contributed by atoms with Gasteiger partial charge in [0.15, 0.2) is 5.13 Å². The first-order valence-electron chi connectivity index (χ1n) is 11.0. The molecule has 0 saturated carbocycles. The van der Waals surface area contributed by atoms with Crippen molar-refractivity contribution in [2.75, 3.05) is 38.7 Å². The summed E-state index contributed by atoms with van der Waals surface area (Å²) in [5.41, 5.74) is 2.01. The Morgan fingerprint density at radius 2 is 2.20 bits per heavy atom. The summed E-state index contributed by atoms with van der Waals surface area (Å²) in [6, 6.07) is 5.90. The molecule has 1 fully saturated rings. The topological polar surface area (TPSA) is 63.7 Å². The molecule has 1 N–H and O–H groups in total. The number of methoxy groups -OCH3 is 1. The third-order valence-corrected chi connectivity index (χ3v) is 7.05. The molecule has 3 heterocycles. The number of carbonyl (C=O) groups is 1. The number of likely N-dealkylation sites (tertiary alicyclic amines) is 1. The maximum absolute atomic E-state index is 12.2. The van der Waals surface area contributed by atoms with E-state index in [1.54, 1.807) is 18.4 Å². The Morgan fingerprint density at radius 1 is 1.37 bits per heavy atom. The van der Waals surface area contributed by atoms with E-state index >= 15 is 0 Å². The number of nitrogens with one attached hydrogen (secondary N) is 1. The Hall–Kier alpha value is -2.28. The minimum atomic E-state index is 0.322. The molecule has 1 amide bonds. The van der Waals surface area contributed by atoms with Crippen molar-refractivity contribution < 1.29 is 14.3 Å². The summed E-state index contributed by atoms with van der Waals surface area (Å²) >= 11 is 1.72. The minimum absolute atomic E-state index is 0.322. The van der Waals surface area contributed by atoms with E-state index in [4.69, 9.17) is 14.5 Å². The average molecular weight is 430 g/mol. The summed E-state index contributed by atoms with van der Waals surface area (Å²) in [4.78, 5) is 20.4. The zero-order chi connectivity index (χ0) is 20.9. The predicted octanol–water partition coefficient (Wildman–Crippen LogP) is 4.59. The highest BCUT2D eigenvalue weighted by Gasteiger charge is 2.24. The van der Waals surface area contributed by atoms with Gasteiger partial charge in [0.05, 0.1) is 19.4 Å². The van der Waals surface area contributed by atoms with E-state index in [1.165, 1.54) is 4.88 Å². The summed E-state index contributed by atoms with van der Waals surface area (Å²) < 4.78 is 11.3. The zero-order valence-electron chi connectivity index (χ0n) is 17.9. The summed E-state index contributed by atoms with van der Waals surface area (Å²) in [7, 11) is 1.68. The van der Waals surface area contributed by atoms with Gasteiger partial charge in [-0.05, 0) is 43.4 Å². The van der Waals surface area contributed by atoms with Crippen LogP contribution >= 0.6 is 11.3 Å². The van der Waals surface area contributed by atoms with Gasteiger partial charge in [-0.1, -0.05) is 13.3 Å². The molecule has 30 heavy (non-hydrogen) atoms. The van der Waals surface area contributed by atoms with Crippen LogP contribution in [0.1, 0.15) is 43.9 Å². The number of piperidine rings is 1. The molecule has 0 radical (unpaired) electrons. The van der Waals surface area contributed by atoms with E-state index in [2.05, 4.69) is 12.2 Å². The summed E-state index contributed by atoms with van der Waals surface area (Å²) in [5, 5.41) is 4.53. The fourth-order valence-corrected chi connectivity index (χ4v) is 5.08. The molecule has 0 bridgehead atoms. The molecule has 0 spiro atoms. The molecule has 4 rings (SSSR count). The molecule has 2 aromatic rings. The van der Waals surface area contributed by atoms with E-state index in [1.807, 2.05) is 23.1 Å². The maximum Gasteiger partial charge on any atom is 0.222 e. The van der Waals surface area contributed by atoms with Crippen molar-refractivity contribution in [1.82, 2.24) is 9.88 Å². The normalized spacial score (nSPS) is 16.3. The number of nitrogens with zero attached hydrogens (tertiary/aromatic N) is 2. The molecule has 162 valence electrons. The number of amides is 1. The fraction of sp³-hybridized carbons (Fsp3) is 0.565. The average Bonchev–Trinajstić information content (AvgIpc) is 3.11. The van der Waals surface area contributed by atoms with Crippen LogP contribution in [0.5, 0.6) is 11.5 Å². The van der Waals surface area contributed by atoms with Crippen molar-refractivity contribution >= 4 is 22.4 Å². The van der Waals surface area contributed by atoms with Gasteiger partial charge >= 0.3 is 0 Å². The van der Waals surface area contributed by atoms with Gasteiger partial charge in [0.2, 0.25) is 5.91 Å². The number of unbranched alkanes of at least 4 members (excludes halogenated alkanes) is 1. The number of aromatic nitrogens is 1. The first-order chi connectivity index (χ1) is 14.7. The first kappa shape index (κ1) is 21.0. The Labute approximate surface area is 182 Å². The highest BCUT2D eigenvalue weighted by atomic mass is 32.1. The number of fused-ring (bicyclic) bond motifs is 3. The van der Waals surface area contributed by atoms with Crippen LogP contribution in [-0.2, 0) is 11.2 Å². The Morgan fingerprint density at radius 3 is 2.97 bits per heavy atom. The van der Waals surface area contributed by atoms with Crippen LogP contribution in [0.15, 0.2) is 18.2 Å². The van der Waals surface area contributed by atoms with Gasteiger partial charge in [-0.3, -0.25) is 4.79 Å². The smallest absolute Gasteiger partial charge is 0.222 e. The van der Waals surface area contributed by atoms with Crippen LogP contribution in [0.25, 0.3) is 11.3 Å². The quantitative estimate of drug-likeness (QED) is 0.697. The molecular weight excluding hydrogens is 398 g/mol. The monoisotopic (exact) mass is 429 g/mol. The first-order valence-corrected chi connectivity index (χ1v) is 11.8. The van der Waals surface area contributed by atoms with E-state index in [-0.39, 0.29) is 0 Å². The minimum Gasteiger partial charge on any atom is -0.497 e. The number of anilines is 1. The van der Waals surface area contributed by atoms with Crippen molar-refractivity contribution in [1.29, 1.82) is 0 Å². The van der Waals surface area contributed by atoms with E-state index in [9.17, 15) is 4.79 Å². The second-order valence-electron chi connectivity index (χ2n) is 8.06. The van der Waals surface area contributed by atoms with Gasteiger partial charge in [-0.2, -0.15) is 0 Å². The van der Waals surface area contributed by atoms with Gasteiger partial charge in [0, 0.05) is 42.9 Å². The molecule has 0 atom stereocenters. The van der Waals surface area contributed by atoms with Crippen molar-refractivity contribution in [2.24, 2.45) is 5.92 Å². The van der Waals surface area contributed by atoms with Crippen LogP contribution in [0, 0.1) is 5.92 Å². The Kier molecular flexibility index (Phi) is 6.77. The number of ether oxygens (including phenoxy) is 2. The summed E-state index contributed by atoms with van der Waals surface area (Å²) in [5.74, 6) is 2.59. The van der Waals surface area contributed by atoms with Crippen molar-refractivity contribution in [3.63, 3.8) is 0 Å². The molecule has 0 unspecified atom stereocenters. The number of hydrogen-bond donors (Lipinski definition) is 1. The SMILES string of the molecule is CCCCC(=O)N1CCC(CNc2nc3c(s2)CCOc2ccc(OC)cc2-3)CC1. The van der Waals surface area contributed by atoms with E-state index in [0.717, 1.165) is 79.6 Å². The fourth-order valence-electron chi connectivity index (χ4n) is 4.11. The van der Waals surface area contributed by atoms with Gasteiger partial charge in [0.1, 0.15) is 11.5 Å². The molecule has 2 aliphatic rings. The lowest BCUT2D eigenvalue weighted by Gasteiger charge is -2.32.